The molecule has 1 amide bonds. The van der Waals surface area contributed by atoms with Crippen LogP contribution in [0.1, 0.15) is 16.8 Å². The second-order valence-corrected chi connectivity index (χ2v) is 6.05. The Morgan fingerprint density at radius 2 is 1.83 bits per heavy atom. The van der Waals surface area contributed by atoms with Gasteiger partial charge in [0.25, 0.3) is 5.91 Å². The maximum Gasteiger partial charge on any atom is 0.253 e. The number of fused-ring (bicyclic) bond motifs is 1. The van der Waals surface area contributed by atoms with Crippen LogP contribution >= 0.6 is 0 Å². The number of carbonyl (C=O) groups is 1. The van der Waals surface area contributed by atoms with Gasteiger partial charge in [-0.25, -0.2) is 4.98 Å². The lowest BCUT2D eigenvalue weighted by Crippen LogP contribution is -2.34. The smallest absolute Gasteiger partial charge is 0.253 e. The van der Waals surface area contributed by atoms with Crippen molar-refractivity contribution < 1.29 is 4.79 Å². The molecule has 122 valence electrons. The Hall–Kier alpha value is -2.66. The van der Waals surface area contributed by atoms with Crippen LogP contribution in [-0.4, -0.2) is 46.5 Å². The van der Waals surface area contributed by atoms with Crippen molar-refractivity contribution in [1.82, 2.24) is 19.8 Å². The van der Waals surface area contributed by atoms with Crippen LogP contribution < -0.4 is 5.32 Å². The van der Waals surface area contributed by atoms with Gasteiger partial charge in [-0.15, -0.1) is 0 Å². The largest absolute Gasteiger partial charge is 0.337 e. The van der Waals surface area contributed by atoms with E-state index < -0.39 is 0 Å². The first-order valence-corrected chi connectivity index (χ1v) is 8.35. The van der Waals surface area contributed by atoms with Gasteiger partial charge in [0.05, 0.1) is 11.0 Å². The highest BCUT2D eigenvalue weighted by atomic mass is 16.2. The minimum absolute atomic E-state index is 0.112. The molecule has 0 aliphatic carbocycles. The molecule has 4 rings (SSSR count). The quantitative estimate of drug-likeness (QED) is 0.789. The lowest BCUT2D eigenvalue weighted by Gasteiger charge is -2.20. The van der Waals surface area contributed by atoms with Gasteiger partial charge in [0.15, 0.2) is 0 Å². The zero-order chi connectivity index (χ0) is 16.4. The molecule has 2 heterocycles. The molecular formula is C19H20N4O. The van der Waals surface area contributed by atoms with E-state index in [1.165, 1.54) is 0 Å². The molecule has 0 atom stereocenters. The Morgan fingerprint density at radius 1 is 1.00 bits per heavy atom. The summed E-state index contributed by atoms with van der Waals surface area (Å²) in [6, 6.07) is 15.8. The fourth-order valence-corrected chi connectivity index (χ4v) is 3.16. The van der Waals surface area contributed by atoms with Crippen molar-refractivity contribution in [2.75, 3.05) is 26.2 Å². The zero-order valence-corrected chi connectivity index (χ0v) is 13.5. The van der Waals surface area contributed by atoms with Gasteiger partial charge in [-0.2, -0.15) is 0 Å². The number of hydrogen-bond acceptors (Lipinski definition) is 3. The lowest BCUT2D eigenvalue weighted by atomic mass is 10.1. The highest BCUT2D eigenvalue weighted by molar-refractivity contribution is 5.94. The first-order valence-electron chi connectivity index (χ1n) is 8.35. The van der Waals surface area contributed by atoms with E-state index >= 15 is 0 Å². The zero-order valence-electron chi connectivity index (χ0n) is 13.5. The summed E-state index contributed by atoms with van der Waals surface area (Å²) < 4.78 is 2.04. The fraction of sp³-hybridized carbons (Fsp3) is 0.263. The summed E-state index contributed by atoms with van der Waals surface area (Å²) in [5.41, 5.74) is 3.78. The molecule has 0 saturated carbocycles. The van der Waals surface area contributed by atoms with Gasteiger partial charge in [0.1, 0.15) is 6.33 Å². The molecule has 1 aromatic heterocycles. The molecule has 1 N–H and O–H groups in total. The van der Waals surface area contributed by atoms with Crippen LogP contribution in [0.2, 0.25) is 0 Å². The van der Waals surface area contributed by atoms with Crippen LogP contribution in [0.4, 0.5) is 0 Å². The van der Waals surface area contributed by atoms with Crippen molar-refractivity contribution in [2.24, 2.45) is 0 Å². The van der Waals surface area contributed by atoms with E-state index in [4.69, 9.17) is 0 Å². The third-order valence-electron chi connectivity index (χ3n) is 4.47. The number of amides is 1. The molecule has 1 saturated heterocycles. The van der Waals surface area contributed by atoms with Crippen molar-refractivity contribution in [3.05, 3.63) is 60.4 Å². The third kappa shape index (κ3) is 2.78. The van der Waals surface area contributed by atoms with E-state index in [2.05, 4.69) is 10.3 Å². The number of nitrogens with zero attached hydrogens (tertiary/aromatic N) is 3. The SMILES string of the molecule is O=C(c1ccc(-n2cnc3ccccc32)cc1)N1CCCNCC1. The van der Waals surface area contributed by atoms with Gasteiger partial charge in [-0.05, 0) is 49.4 Å². The Balaban J connectivity index is 1.59. The summed E-state index contributed by atoms with van der Waals surface area (Å²) >= 11 is 0. The average molecular weight is 320 g/mol. The molecule has 2 aromatic carbocycles. The fourth-order valence-electron chi connectivity index (χ4n) is 3.16. The van der Waals surface area contributed by atoms with Crippen molar-refractivity contribution >= 4 is 16.9 Å². The minimum atomic E-state index is 0.112. The summed E-state index contributed by atoms with van der Waals surface area (Å²) in [5, 5.41) is 3.32. The highest BCUT2D eigenvalue weighted by Gasteiger charge is 2.17. The molecule has 0 spiro atoms. The number of para-hydroxylation sites is 2. The number of nitrogens with one attached hydrogen (secondary N) is 1. The summed E-state index contributed by atoms with van der Waals surface area (Å²) in [7, 11) is 0. The second kappa shape index (κ2) is 6.45. The van der Waals surface area contributed by atoms with Crippen LogP contribution in [0.3, 0.4) is 0 Å². The number of carbonyl (C=O) groups excluding carboxylic acids is 1. The monoisotopic (exact) mass is 320 g/mol. The molecular weight excluding hydrogens is 300 g/mol. The number of imidazole rings is 1. The van der Waals surface area contributed by atoms with Gasteiger partial charge in [0.2, 0.25) is 0 Å². The van der Waals surface area contributed by atoms with Crippen LogP contribution in [0, 0.1) is 0 Å². The first kappa shape index (κ1) is 14.9. The predicted octanol–water partition coefficient (Wildman–Crippen LogP) is 2.46. The van der Waals surface area contributed by atoms with E-state index in [1.54, 1.807) is 0 Å². The molecule has 0 radical (unpaired) electrons. The van der Waals surface area contributed by atoms with E-state index in [-0.39, 0.29) is 5.91 Å². The predicted molar refractivity (Wildman–Crippen MR) is 94.5 cm³/mol. The minimum Gasteiger partial charge on any atom is -0.337 e. The van der Waals surface area contributed by atoms with Crippen LogP contribution in [0.15, 0.2) is 54.9 Å². The number of aromatic nitrogens is 2. The third-order valence-corrected chi connectivity index (χ3v) is 4.47. The maximum absolute atomic E-state index is 12.6. The number of rotatable bonds is 2. The van der Waals surface area contributed by atoms with Crippen molar-refractivity contribution in [2.45, 2.75) is 6.42 Å². The van der Waals surface area contributed by atoms with E-state index in [9.17, 15) is 4.79 Å². The summed E-state index contributed by atoms with van der Waals surface area (Å²) in [5.74, 6) is 0.112. The van der Waals surface area contributed by atoms with Crippen molar-refractivity contribution in [1.29, 1.82) is 0 Å². The van der Waals surface area contributed by atoms with Crippen LogP contribution in [0.25, 0.3) is 16.7 Å². The Morgan fingerprint density at radius 3 is 2.71 bits per heavy atom. The van der Waals surface area contributed by atoms with Gasteiger partial charge < -0.3 is 10.2 Å². The molecule has 1 aliphatic heterocycles. The summed E-state index contributed by atoms with van der Waals surface area (Å²) in [6.07, 6.45) is 2.83. The Bertz CT molecular complexity index is 845. The van der Waals surface area contributed by atoms with Gasteiger partial charge in [-0.1, -0.05) is 12.1 Å². The van der Waals surface area contributed by atoms with Crippen molar-refractivity contribution in [3.8, 4) is 5.69 Å². The molecule has 3 aromatic rings. The topological polar surface area (TPSA) is 50.2 Å². The molecule has 1 aliphatic rings. The Kier molecular flexibility index (Phi) is 4.01. The summed E-state index contributed by atoms with van der Waals surface area (Å²) in [6.45, 7) is 3.44. The lowest BCUT2D eigenvalue weighted by molar-refractivity contribution is 0.0766. The second-order valence-electron chi connectivity index (χ2n) is 6.05. The maximum atomic E-state index is 12.6. The van der Waals surface area contributed by atoms with Gasteiger partial charge in [-0.3, -0.25) is 9.36 Å². The number of benzene rings is 2. The average Bonchev–Trinajstić information content (AvgIpc) is 2.87. The van der Waals surface area contributed by atoms with Crippen molar-refractivity contribution in [3.63, 3.8) is 0 Å². The Labute approximate surface area is 140 Å². The molecule has 0 bridgehead atoms. The molecule has 1 fully saturated rings. The summed E-state index contributed by atoms with van der Waals surface area (Å²) in [4.78, 5) is 19.0. The van der Waals surface area contributed by atoms with Crippen LogP contribution in [0.5, 0.6) is 0 Å². The van der Waals surface area contributed by atoms with Gasteiger partial charge >= 0.3 is 0 Å². The van der Waals surface area contributed by atoms with E-state index in [0.29, 0.717) is 0 Å². The molecule has 24 heavy (non-hydrogen) atoms. The first-order chi connectivity index (χ1) is 11.8. The number of hydrogen-bond donors (Lipinski definition) is 1. The normalized spacial score (nSPS) is 15.4. The molecule has 0 unspecified atom stereocenters. The van der Waals surface area contributed by atoms with E-state index in [0.717, 1.165) is 54.9 Å². The van der Waals surface area contributed by atoms with Crippen LogP contribution in [-0.2, 0) is 0 Å². The standard InChI is InChI=1S/C19H20N4O/c24-19(22-12-3-10-20-11-13-22)15-6-8-16(9-7-15)23-14-21-17-4-1-2-5-18(17)23/h1-2,4-9,14,20H,3,10-13H2. The molecule has 5 heteroatoms. The highest BCUT2D eigenvalue weighted by Crippen LogP contribution is 2.18. The van der Waals surface area contributed by atoms with Gasteiger partial charge in [0, 0.05) is 30.9 Å². The van der Waals surface area contributed by atoms with E-state index in [1.807, 2.05) is 64.3 Å². The molecule has 5 nitrogen and oxygen atoms in total.